The van der Waals surface area contributed by atoms with E-state index in [1.807, 2.05) is 11.8 Å². The summed E-state index contributed by atoms with van der Waals surface area (Å²) < 4.78 is 27.5. The molecule has 7 heteroatoms. The molecule has 0 spiro atoms. The Morgan fingerprint density at radius 1 is 1.00 bits per heavy atom. The van der Waals surface area contributed by atoms with E-state index in [-0.39, 0.29) is 16.8 Å². The third-order valence-corrected chi connectivity index (χ3v) is 8.29. The number of nitrogens with one attached hydrogen (secondary N) is 1. The lowest BCUT2D eigenvalue weighted by molar-refractivity contribution is 0.0748. The summed E-state index contributed by atoms with van der Waals surface area (Å²) >= 11 is 0. The summed E-state index contributed by atoms with van der Waals surface area (Å²) in [5.41, 5.74) is 0.568. The Morgan fingerprint density at radius 3 is 2.48 bits per heavy atom. The van der Waals surface area contributed by atoms with Crippen molar-refractivity contribution in [1.29, 1.82) is 0 Å². The SMILES string of the molecule is CC1CCCCN1S(=O)(=O)c1ccc(C(=O)N2CCC3CCC(C2)N3)cc1. The number of hydrogen-bond donors (Lipinski definition) is 1. The molecule has 0 radical (unpaired) electrons. The first-order valence-corrected chi connectivity index (χ1v) is 11.6. The van der Waals surface area contributed by atoms with Gasteiger partial charge in [0.2, 0.25) is 10.0 Å². The van der Waals surface area contributed by atoms with Gasteiger partial charge in [0, 0.05) is 43.3 Å². The van der Waals surface area contributed by atoms with Gasteiger partial charge in [0.05, 0.1) is 4.90 Å². The van der Waals surface area contributed by atoms with Crippen LogP contribution in [0.2, 0.25) is 0 Å². The Kier molecular flexibility index (Phi) is 5.27. The molecule has 3 atom stereocenters. The van der Waals surface area contributed by atoms with Gasteiger partial charge < -0.3 is 10.2 Å². The van der Waals surface area contributed by atoms with E-state index in [9.17, 15) is 13.2 Å². The van der Waals surface area contributed by atoms with Gasteiger partial charge in [-0.3, -0.25) is 4.79 Å². The van der Waals surface area contributed by atoms with Crippen LogP contribution in [0.4, 0.5) is 0 Å². The van der Waals surface area contributed by atoms with Crippen LogP contribution in [0.15, 0.2) is 29.2 Å². The molecule has 3 saturated heterocycles. The van der Waals surface area contributed by atoms with E-state index < -0.39 is 10.0 Å². The highest BCUT2D eigenvalue weighted by atomic mass is 32.2. The first-order valence-electron chi connectivity index (χ1n) is 10.1. The van der Waals surface area contributed by atoms with Gasteiger partial charge in [0.1, 0.15) is 0 Å². The maximum absolute atomic E-state index is 12.9. The smallest absolute Gasteiger partial charge is 0.253 e. The third-order valence-electron chi connectivity index (χ3n) is 6.26. The number of carbonyl (C=O) groups is 1. The van der Waals surface area contributed by atoms with Crippen molar-refractivity contribution in [3.05, 3.63) is 29.8 Å². The van der Waals surface area contributed by atoms with Crippen molar-refractivity contribution >= 4 is 15.9 Å². The first kappa shape index (κ1) is 18.9. The molecule has 148 valence electrons. The molecule has 3 fully saturated rings. The van der Waals surface area contributed by atoms with Crippen LogP contribution in [0, 0.1) is 0 Å². The summed E-state index contributed by atoms with van der Waals surface area (Å²) in [6.45, 7) is 4.04. The molecule has 2 bridgehead atoms. The number of piperidine rings is 1. The van der Waals surface area contributed by atoms with Gasteiger partial charge in [-0.2, -0.15) is 4.31 Å². The molecule has 4 rings (SSSR count). The standard InChI is InChI=1S/C20H29N3O3S/c1-15-4-2-3-12-23(15)27(25,26)19-9-5-16(6-10-19)20(24)22-13-11-17-7-8-18(14-22)21-17/h5-6,9-10,15,17-18,21H,2-4,7-8,11-14H2,1H3. The lowest BCUT2D eigenvalue weighted by Crippen LogP contribution is -2.42. The predicted molar refractivity (Wildman–Crippen MR) is 104 cm³/mol. The number of amides is 1. The van der Waals surface area contributed by atoms with Gasteiger partial charge in [-0.05, 0) is 63.3 Å². The molecule has 1 aromatic rings. The van der Waals surface area contributed by atoms with Crippen LogP contribution >= 0.6 is 0 Å². The van der Waals surface area contributed by atoms with Crippen molar-refractivity contribution in [3.63, 3.8) is 0 Å². The minimum absolute atomic E-state index is 0.000335. The summed E-state index contributed by atoms with van der Waals surface area (Å²) in [4.78, 5) is 15.1. The molecule has 3 heterocycles. The molecular formula is C20H29N3O3S. The fourth-order valence-corrected chi connectivity index (χ4v) is 6.34. The second kappa shape index (κ2) is 7.53. The number of rotatable bonds is 3. The lowest BCUT2D eigenvalue weighted by Gasteiger charge is -2.32. The van der Waals surface area contributed by atoms with E-state index in [1.165, 1.54) is 6.42 Å². The van der Waals surface area contributed by atoms with Crippen molar-refractivity contribution in [2.75, 3.05) is 19.6 Å². The number of nitrogens with zero attached hydrogens (tertiary/aromatic N) is 2. The Morgan fingerprint density at radius 2 is 1.74 bits per heavy atom. The molecule has 1 amide bonds. The molecule has 0 aliphatic carbocycles. The quantitative estimate of drug-likeness (QED) is 0.858. The number of likely N-dealkylation sites (tertiary alicyclic amines) is 1. The highest BCUT2D eigenvalue weighted by molar-refractivity contribution is 7.89. The van der Waals surface area contributed by atoms with E-state index in [2.05, 4.69) is 5.32 Å². The average Bonchev–Trinajstić information content (AvgIpc) is 3.00. The van der Waals surface area contributed by atoms with Gasteiger partial charge in [-0.1, -0.05) is 6.42 Å². The van der Waals surface area contributed by atoms with Crippen molar-refractivity contribution in [1.82, 2.24) is 14.5 Å². The van der Waals surface area contributed by atoms with Crippen LogP contribution in [0.3, 0.4) is 0 Å². The van der Waals surface area contributed by atoms with Crippen molar-refractivity contribution < 1.29 is 13.2 Å². The zero-order valence-electron chi connectivity index (χ0n) is 15.9. The molecular weight excluding hydrogens is 362 g/mol. The van der Waals surface area contributed by atoms with Crippen molar-refractivity contribution in [2.45, 2.75) is 68.5 Å². The molecule has 0 aromatic heterocycles. The van der Waals surface area contributed by atoms with Crippen LogP contribution in [-0.2, 0) is 10.0 Å². The summed E-state index contributed by atoms with van der Waals surface area (Å²) in [7, 11) is -3.49. The van der Waals surface area contributed by atoms with Crippen LogP contribution in [0.25, 0.3) is 0 Å². The molecule has 3 aliphatic heterocycles. The molecule has 1 aromatic carbocycles. The maximum atomic E-state index is 12.9. The molecule has 1 N–H and O–H groups in total. The van der Waals surface area contributed by atoms with Gasteiger partial charge in [-0.25, -0.2) is 8.42 Å². The minimum atomic E-state index is -3.49. The van der Waals surface area contributed by atoms with Crippen molar-refractivity contribution in [2.24, 2.45) is 0 Å². The minimum Gasteiger partial charge on any atom is -0.337 e. The second-order valence-electron chi connectivity index (χ2n) is 8.16. The Hall–Kier alpha value is -1.44. The second-order valence-corrected chi connectivity index (χ2v) is 10.1. The lowest BCUT2D eigenvalue weighted by atomic mass is 10.1. The number of sulfonamides is 1. The van der Waals surface area contributed by atoms with Crippen LogP contribution < -0.4 is 5.32 Å². The highest BCUT2D eigenvalue weighted by Gasteiger charge is 2.33. The zero-order valence-corrected chi connectivity index (χ0v) is 16.7. The molecule has 3 aliphatic rings. The monoisotopic (exact) mass is 391 g/mol. The summed E-state index contributed by atoms with van der Waals surface area (Å²) in [6, 6.07) is 7.47. The van der Waals surface area contributed by atoms with Gasteiger partial charge >= 0.3 is 0 Å². The third kappa shape index (κ3) is 3.77. The van der Waals surface area contributed by atoms with Crippen molar-refractivity contribution in [3.8, 4) is 0 Å². The van der Waals surface area contributed by atoms with Crippen LogP contribution in [-0.4, -0.2) is 61.3 Å². The number of fused-ring (bicyclic) bond motifs is 2. The van der Waals surface area contributed by atoms with E-state index in [1.54, 1.807) is 28.6 Å². The van der Waals surface area contributed by atoms with E-state index >= 15 is 0 Å². The first-order chi connectivity index (χ1) is 12.9. The Bertz CT molecular complexity index is 793. The van der Waals surface area contributed by atoms with Gasteiger partial charge in [0.15, 0.2) is 0 Å². The fraction of sp³-hybridized carbons (Fsp3) is 0.650. The summed E-state index contributed by atoms with van der Waals surface area (Å²) in [6.07, 6.45) is 6.20. The number of hydrogen-bond acceptors (Lipinski definition) is 4. The zero-order chi connectivity index (χ0) is 19.0. The molecule has 3 unspecified atom stereocenters. The summed E-state index contributed by atoms with van der Waals surface area (Å²) in [5.74, 6) is -0.000335. The number of carbonyl (C=O) groups excluding carboxylic acids is 1. The largest absolute Gasteiger partial charge is 0.337 e. The van der Waals surface area contributed by atoms with E-state index in [0.29, 0.717) is 24.2 Å². The maximum Gasteiger partial charge on any atom is 0.253 e. The average molecular weight is 392 g/mol. The van der Waals surface area contributed by atoms with Gasteiger partial charge in [-0.15, -0.1) is 0 Å². The van der Waals surface area contributed by atoms with Crippen LogP contribution in [0.5, 0.6) is 0 Å². The number of benzene rings is 1. The Balaban J connectivity index is 1.49. The van der Waals surface area contributed by atoms with E-state index in [0.717, 1.165) is 45.2 Å². The van der Waals surface area contributed by atoms with Gasteiger partial charge in [0.25, 0.3) is 5.91 Å². The van der Waals surface area contributed by atoms with Crippen LogP contribution in [0.1, 0.15) is 55.8 Å². The van der Waals surface area contributed by atoms with E-state index in [4.69, 9.17) is 0 Å². The highest BCUT2D eigenvalue weighted by Crippen LogP contribution is 2.26. The molecule has 6 nitrogen and oxygen atoms in total. The fourth-order valence-electron chi connectivity index (χ4n) is 4.64. The Labute approximate surface area is 162 Å². The predicted octanol–water partition coefficient (Wildman–Crippen LogP) is 2.22. The molecule has 0 saturated carbocycles. The molecule has 27 heavy (non-hydrogen) atoms. The topological polar surface area (TPSA) is 69.7 Å². The summed E-state index contributed by atoms with van der Waals surface area (Å²) in [5, 5.41) is 3.58. The normalized spacial score (nSPS) is 29.5.